The quantitative estimate of drug-likeness (QED) is 0.754. The highest BCUT2D eigenvalue weighted by atomic mass is 19.2. The van der Waals surface area contributed by atoms with Gasteiger partial charge >= 0.3 is 0 Å². The summed E-state index contributed by atoms with van der Waals surface area (Å²) in [4.78, 5) is 14.6. The highest BCUT2D eigenvalue weighted by molar-refractivity contribution is 5.94. The lowest BCUT2D eigenvalue weighted by atomic mass is 10.2. The van der Waals surface area contributed by atoms with Gasteiger partial charge < -0.3 is 10.4 Å². The molecule has 2 N–H and O–H groups in total. The van der Waals surface area contributed by atoms with E-state index in [1.165, 1.54) is 0 Å². The minimum atomic E-state index is -1.30. The molecule has 1 aromatic heterocycles. The van der Waals surface area contributed by atoms with Gasteiger partial charge in [-0.25, -0.2) is 9.37 Å². The van der Waals surface area contributed by atoms with Crippen molar-refractivity contribution in [3.8, 4) is 0 Å². The molecule has 1 unspecified atom stereocenters. The van der Waals surface area contributed by atoms with Crippen LogP contribution in [0.1, 0.15) is 23.7 Å². The number of pyridine rings is 1. The summed E-state index contributed by atoms with van der Waals surface area (Å²) in [5, 5.41) is 11.1. The van der Waals surface area contributed by atoms with Gasteiger partial charge in [0.15, 0.2) is 5.82 Å². The molecule has 0 aliphatic rings. The highest BCUT2D eigenvalue weighted by Crippen LogP contribution is 2.09. The minimum Gasteiger partial charge on any atom is -0.396 e. The normalized spacial score (nSPS) is 12.2. The predicted molar refractivity (Wildman–Crippen MR) is 52.8 cm³/mol. The number of aliphatic hydroxyl groups is 1. The number of hydrogen-bond donors (Lipinski definition) is 2. The van der Waals surface area contributed by atoms with Gasteiger partial charge in [-0.2, -0.15) is 4.39 Å². The Kier molecular flexibility index (Phi) is 4.30. The fourth-order valence-electron chi connectivity index (χ4n) is 1.16. The van der Waals surface area contributed by atoms with Crippen LogP contribution in [0, 0.1) is 11.8 Å². The van der Waals surface area contributed by atoms with Crippen LogP contribution >= 0.6 is 0 Å². The molecule has 88 valence electrons. The van der Waals surface area contributed by atoms with E-state index in [-0.39, 0.29) is 12.6 Å². The number of aromatic nitrogens is 1. The van der Waals surface area contributed by atoms with Crippen molar-refractivity contribution >= 4 is 5.91 Å². The molecule has 0 aliphatic heterocycles. The third kappa shape index (κ3) is 2.96. The highest BCUT2D eigenvalue weighted by Gasteiger charge is 2.17. The van der Waals surface area contributed by atoms with Gasteiger partial charge in [0.05, 0.1) is 5.56 Å². The topological polar surface area (TPSA) is 62.2 Å². The Bertz CT molecular complexity index is 385. The van der Waals surface area contributed by atoms with E-state index in [4.69, 9.17) is 5.11 Å². The van der Waals surface area contributed by atoms with Gasteiger partial charge in [0.1, 0.15) is 0 Å². The van der Waals surface area contributed by atoms with Crippen LogP contribution in [0.2, 0.25) is 0 Å². The van der Waals surface area contributed by atoms with Gasteiger partial charge in [-0.05, 0) is 19.4 Å². The summed E-state index contributed by atoms with van der Waals surface area (Å²) in [6.07, 6.45) is 1.37. The average molecular weight is 230 g/mol. The van der Waals surface area contributed by atoms with Crippen LogP contribution in [0.25, 0.3) is 0 Å². The standard InChI is InChI=1S/C10H12F2N2O2/c1-6(3-5-15)14-10(16)7-2-4-13-9(12)8(7)11/h2,4,6,15H,3,5H2,1H3,(H,14,16). The maximum Gasteiger partial charge on any atom is 0.254 e. The Morgan fingerprint density at radius 2 is 2.31 bits per heavy atom. The van der Waals surface area contributed by atoms with Gasteiger partial charge in [0.25, 0.3) is 5.91 Å². The molecule has 0 saturated heterocycles. The Hall–Kier alpha value is -1.56. The minimum absolute atomic E-state index is 0.0887. The molecular formula is C10H12F2N2O2. The van der Waals surface area contributed by atoms with Crippen LogP contribution in [0.4, 0.5) is 8.78 Å². The fraction of sp³-hybridized carbons (Fsp3) is 0.400. The van der Waals surface area contributed by atoms with E-state index < -0.39 is 23.2 Å². The number of carbonyl (C=O) groups excluding carboxylic acids is 1. The predicted octanol–water partition coefficient (Wildman–Crippen LogP) is 0.861. The van der Waals surface area contributed by atoms with Gasteiger partial charge in [0.2, 0.25) is 5.95 Å². The maximum absolute atomic E-state index is 13.1. The first-order chi connectivity index (χ1) is 7.56. The summed E-state index contributed by atoms with van der Waals surface area (Å²) in [6.45, 7) is 1.57. The van der Waals surface area contributed by atoms with Crippen LogP contribution in [-0.2, 0) is 0 Å². The molecule has 0 spiro atoms. The van der Waals surface area contributed by atoms with Crippen molar-refractivity contribution in [3.63, 3.8) is 0 Å². The Morgan fingerprint density at radius 1 is 1.62 bits per heavy atom. The summed E-state index contributed by atoms with van der Waals surface area (Å²) < 4.78 is 25.9. The van der Waals surface area contributed by atoms with E-state index in [0.29, 0.717) is 6.42 Å². The summed E-state index contributed by atoms with van der Waals surface area (Å²) in [7, 11) is 0. The molecule has 16 heavy (non-hydrogen) atoms. The third-order valence-electron chi connectivity index (χ3n) is 2.03. The Morgan fingerprint density at radius 3 is 2.94 bits per heavy atom. The molecule has 1 atom stereocenters. The Labute approximate surface area is 91.3 Å². The smallest absolute Gasteiger partial charge is 0.254 e. The van der Waals surface area contributed by atoms with E-state index in [9.17, 15) is 13.6 Å². The van der Waals surface area contributed by atoms with E-state index >= 15 is 0 Å². The van der Waals surface area contributed by atoms with Crippen LogP contribution in [0.5, 0.6) is 0 Å². The second-order valence-electron chi connectivity index (χ2n) is 3.35. The molecule has 4 nitrogen and oxygen atoms in total. The number of nitrogens with zero attached hydrogens (tertiary/aromatic N) is 1. The summed E-state index contributed by atoms with van der Waals surface area (Å²) >= 11 is 0. The zero-order chi connectivity index (χ0) is 12.1. The van der Waals surface area contributed by atoms with Crippen molar-refractivity contribution in [1.82, 2.24) is 10.3 Å². The van der Waals surface area contributed by atoms with Crippen LogP contribution in [0.15, 0.2) is 12.3 Å². The zero-order valence-corrected chi connectivity index (χ0v) is 8.70. The fourth-order valence-corrected chi connectivity index (χ4v) is 1.16. The van der Waals surface area contributed by atoms with Crippen LogP contribution < -0.4 is 5.32 Å². The van der Waals surface area contributed by atoms with E-state index in [2.05, 4.69) is 10.3 Å². The van der Waals surface area contributed by atoms with Crippen LogP contribution in [0.3, 0.4) is 0 Å². The SMILES string of the molecule is CC(CCO)NC(=O)c1ccnc(F)c1F. The van der Waals surface area contributed by atoms with Crippen molar-refractivity contribution in [2.24, 2.45) is 0 Å². The average Bonchev–Trinajstić information content (AvgIpc) is 2.22. The molecule has 1 amide bonds. The molecule has 0 aromatic carbocycles. The number of aliphatic hydroxyl groups excluding tert-OH is 1. The molecular weight excluding hydrogens is 218 g/mol. The first kappa shape index (κ1) is 12.5. The third-order valence-corrected chi connectivity index (χ3v) is 2.03. The molecule has 0 aliphatic carbocycles. The van der Waals surface area contributed by atoms with Crippen molar-refractivity contribution in [2.45, 2.75) is 19.4 Å². The van der Waals surface area contributed by atoms with Crippen LogP contribution in [-0.4, -0.2) is 28.6 Å². The molecule has 1 heterocycles. The second-order valence-corrected chi connectivity index (χ2v) is 3.35. The van der Waals surface area contributed by atoms with Crippen molar-refractivity contribution in [3.05, 3.63) is 29.6 Å². The summed E-state index contributed by atoms with van der Waals surface area (Å²) in [6, 6.07) is 0.785. The Balaban J connectivity index is 2.77. The van der Waals surface area contributed by atoms with Crippen molar-refractivity contribution < 1.29 is 18.7 Å². The molecule has 0 radical (unpaired) electrons. The zero-order valence-electron chi connectivity index (χ0n) is 8.70. The molecule has 0 saturated carbocycles. The molecule has 1 rings (SSSR count). The number of nitrogens with one attached hydrogen (secondary N) is 1. The van der Waals surface area contributed by atoms with E-state index in [1.54, 1.807) is 6.92 Å². The number of rotatable bonds is 4. The summed E-state index contributed by atoms with van der Waals surface area (Å²) in [5.74, 6) is -3.29. The molecule has 1 aromatic rings. The molecule has 0 fully saturated rings. The molecule has 0 bridgehead atoms. The number of amides is 1. The van der Waals surface area contributed by atoms with Gasteiger partial charge in [-0.1, -0.05) is 0 Å². The molecule has 6 heteroatoms. The van der Waals surface area contributed by atoms with Gasteiger partial charge in [0, 0.05) is 18.8 Å². The van der Waals surface area contributed by atoms with E-state index in [0.717, 1.165) is 12.3 Å². The van der Waals surface area contributed by atoms with Gasteiger partial charge in [-0.3, -0.25) is 4.79 Å². The number of carbonyl (C=O) groups is 1. The van der Waals surface area contributed by atoms with Crippen molar-refractivity contribution in [2.75, 3.05) is 6.61 Å². The monoisotopic (exact) mass is 230 g/mol. The number of halogens is 2. The first-order valence-electron chi connectivity index (χ1n) is 4.78. The summed E-state index contributed by atoms with van der Waals surface area (Å²) in [5.41, 5.74) is -0.391. The van der Waals surface area contributed by atoms with Crippen molar-refractivity contribution in [1.29, 1.82) is 0 Å². The second kappa shape index (κ2) is 5.50. The largest absolute Gasteiger partial charge is 0.396 e. The lowest BCUT2D eigenvalue weighted by molar-refractivity contribution is 0.0929. The van der Waals surface area contributed by atoms with E-state index in [1.807, 2.05) is 0 Å². The first-order valence-corrected chi connectivity index (χ1v) is 4.78. The van der Waals surface area contributed by atoms with Gasteiger partial charge in [-0.15, -0.1) is 0 Å². The lowest BCUT2D eigenvalue weighted by Crippen LogP contribution is -2.33. The lowest BCUT2D eigenvalue weighted by Gasteiger charge is -2.12. The maximum atomic E-state index is 13.1. The number of hydrogen-bond acceptors (Lipinski definition) is 3.